The maximum Gasteiger partial charge on any atom is 0.335 e. The van der Waals surface area contributed by atoms with Gasteiger partial charge < -0.3 is 15.7 Å². The van der Waals surface area contributed by atoms with E-state index in [4.69, 9.17) is 16.7 Å². The van der Waals surface area contributed by atoms with E-state index in [1.807, 2.05) is 5.32 Å². The number of rotatable bonds is 4. The lowest BCUT2D eigenvalue weighted by molar-refractivity contribution is -0.702. The maximum atomic E-state index is 14.7. The van der Waals surface area contributed by atoms with Gasteiger partial charge >= 0.3 is 5.97 Å². The molecule has 170 valence electrons. The molecule has 1 unspecified atom stereocenters. The first kappa shape index (κ1) is 21.9. The lowest BCUT2D eigenvalue weighted by atomic mass is 9.93. The third kappa shape index (κ3) is 4.09. The number of aromatic nitrogens is 2. The molecule has 0 fully saturated rings. The summed E-state index contributed by atoms with van der Waals surface area (Å²) in [5.41, 5.74) is 3.52. The molecule has 0 amide bonds. The highest BCUT2D eigenvalue weighted by Crippen LogP contribution is 2.36. The Morgan fingerprint density at radius 2 is 1.82 bits per heavy atom. The number of hydrogen-bond acceptors (Lipinski definition) is 4. The van der Waals surface area contributed by atoms with E-state index >= 15 is 0 Å². The van der Waals surface area contributed by atoms with E-state index in [0.29, 0.717) is 40.0 Å². The van der Waals surface area contributed by atoms with Crippen molar-refractivity contribution in [1.29, 1.82) is 0 Å². The van der Waals surface area contributed by atoms with Crippen LogP contribution in [0.2, 0.25) is 5.02 Å². The zero-order valence-electron chi connectivity index (χ0n) is 17.6. The van der Waals surface area contributed by atoms with Crippen LogP contribution in [0.3, 0.4) is 0 Å². The van der Waals surface area contributed by atoms with Crippen molar-refractivity contribution in [3.63, 3.8) is 0 Å². The lowest BCUT2D eigenvalue weighted by Gasteiger charge is -2.18. The van der Waals surface area contributed by atoms with Gasteiger partial charge in [0.05, 0.1) is 22.4 Å². The molecule has 0 saturated carbocycles. The molecule has 4 aromatic rings. The Labute approximate surface area is 198 Å². The Morgan fingerprint density at radius 1 is 1.09 bits per heavy atom. The fourth-order valence-corrected chi connectivity index (χ4v) is 4.31. The van der Waals surface area contributed by atoms with Gasteiger partial charge in [-0.3, -0.25) is 0 Å². The van der Waals surface area contributed by atoms with Crippen LogP contribution in [0, 0.1) is 11.6 Å². The minimum Gasteiger partial charge on any atom is -0.478 e. The van der Waals surface area contributed by atoms with Gasteiger partial charge in [0.1, 0.15) is 24.2 Å². The monoisotopic (exact) mass is 479 g/mol. The molecule has 1 atom stereocenters. The summed E-state index contributed by atoms with van der Waals surface area (Å²) < 4.78 is 29.4. The molecule has 0 radical (unpaired) electrons. The predicted molar refractivity (Wildman–Crippen MR) is 123 cm³/mol. The molecule has 1 aromatic heterocycles. The SMILES string of the molecule is O=C(O)c1ccc(Nc2ncc3c(n2)-c2ccc(Cl)cc2C(c2c(F)cccc2F)[NH2+]C3)cc1. The van der Waals surface area contributed by atoms with Gasteiger partial charge in [-0.05, 0) is 48.5 Å². The second-order valence-corrected chi connectivity index (χ2v) is 8.30. The molecule has 9 heteroatoms. The molecule has 0 saturated heterocycles. The predicted octanol–water partition coefficient (Wildman–Crippen LogP) is 4.68. The number of carboxylic acid groups (broad SMARTS) is 1. The molecule has 4 N–H and O–H groups in total. The molecular formula is C25H18ClF2N4O2+. The van der Waals surface area contributed by atoms with E-state index in [0.717, 1.165) is 5.56 Å². The molecule has 34 heavy (non-hydrogen) atoms. The first-order valence-corrected chi connectivity index (χ1v) is 10.8. The van der Waals surface area contributed by atoms with E-state index in [2.05, 4.69) is 15.3 Å². The van der Waals surface area contributed by atoms with Gasteiger partial charge in [0.15, 0.2) is 0 Å². The number of fused-ring (bicyclic) bond motifs is 3. The average molecular weight is 480 g/mol. The first-order chi connectivity index (χ1) is 16.4. The molecular weight excluding hydrogens is 462 g/mol. The van der Waals surface area contributed by atoms with Crippen molar-refractivity contribution in [1.82, 2.24) is 9.97 Å². The van der Waals surface area contributed by atoms with Crippen molar-refractivity contribution in [3.8, 4) is 11.3 Å². The van der Waals surface area contributed by atoms with E-state index in [1.165, 1.54) is 30.3 Å². The lowest BCUT2D eigenvalue weighted by Crippen LogP contribution is -2.83. The maximum absolute atomic E-state index is 14.7. The van der Waals surface area contributed by atoms with Crippen molar-refractivity contribution < 1.29 is 24.0 Å². The Kier molecular flexibility index (Phi) is 5.69. The van der Waals surface area contributed by atoms with Crippen LogP contribution in [0.25, 0.3) is 11.3 Å². The minimum absolute atomic E-state index is 0.0383. The fourth-order valence-electron chi connectivity index (χ4n) is 4.13. The minimum atomic E-state index is -1.01. The van der Waals surface area contributed by atoms with Crippen molar-refractivity contribution in [2.24, 2.45) is 0 Å². The number of nitrogens with two attached hydrogens (primary N) is 1. The van der Waals surface area contributed by atoms with Gasteiger partial charge in [0, 0.05) is 28.0 Å². The summed E-state index contributed by atoms with van der Waals surface area (Å²) in [5, 5.41) is 14.4. The molecule has 3 aromatic carbocycles. The Hall–Kier alpha value is -3.88. The van der Waals surface area contributed by atoms with Crippen LogP contribution in [0.1, 0.15) is 33.1 Å². The van der Waals surface area contributed by atoms with Crippen molar-refractivity contribution in [3.05, 3.63) is 106 Å². The number of benzene rings is 3. The van der Waals surface area contributed by atoms with Crippen molar-refractivity contribution in [2.75, 3.05) is 5.32 Å². The number of carbonyl (C=O) groups is 1. The second-order valence-electron chi connectivity index (χ2n) is 7.86. The topological polar surface area (TPSA) is 91.7 Å². The Balaban J connectivity index is 1.57. The zero-order valence-corrected chi connectivity index (χ0v) is 18.4. The average Bonchev–Trinajstić information content (AvgIpc) is 2.96. The number of carboxylic acids is 1. The van der Waals surface area contributed by atoms with Gasteiger partial charge in [0.25, 0.3) is 0 Å². The number of halogens is 3. The molecule has 0 bridgehead atoms. The quantitative estimate of drug-likeness (QED) is 0.395. The summed E-state index contributed by atoms with van der Waals surface area (Å²) in [6, 6.07) is 14.6. The van der Waals surface area contributed by atoms with Gasteiger partial charge in [-0.2, -0.15) is 0 Å². The molecule has 1 aliphatic heterocycles. The summed E-state index contributed by atoms with van der Waals surface area (Å²) >= 11 is 6.27. The van der Waals surface area contributed by atoms with Gasteiger partial charge in [0.2, 0.25) is 5.95 Å². The van der Waals surface area contributed by atoms with Crippen LogP contribution in [0.15, 0.2) is 66.9 Å². The van der Waals surface area contributed by atoms with Crippen molar-refractivity contribution >= 4 is 29.2 Å². The summed E-state index contributed by atoms with van der Waals surface area (Å²) in [4.78, 5) is 20.1. The molecule has 1 aliphatic rings. The molecule has 2 heterocycles. The number of nitrogens with zero attached hydrogens (tertiary/aromatic N) is 2. The highest BCUT2D eigenvalue weighted by Gasteiger charge is 2.32. The summed E-state index contributed by atoms with van der Waals surface area (Å²) in [5.74, 6) is -1.97. The van der Waals surface area contributed by atoms with E-state index in [1.54, 1.807) is 36.5 Å². The number of anilines is 2. The third-order valence-corrected chi connectivity index (χ3v) is 5.98. The van der Waals surface area contributed by atoms with Gasteiger partial charge in [-0.25, -0.2) is 23.5 Å². The van der Waals surface area contributed by atoms with Crippen LogP contribution >= 0.6 is 11.6 Å². The van der Waals surface area contributed by atoms with Gasteiger partial charge in [-0.15, -0.1) is 0 Å². The first-order valence-electron chi connectivity index (χ1n) is 10.4. The largest absolute Gasteiger partial charge is 0.478 e. The fraction of sp³-hybridized carbons (Fsp3) is 0.0800. The Bertz CT molecular complexity index is 1390. The summed E-state index contributed by atoms with van der Waals surface area (Å²) in [6.45, 7) is 0.396. The number of aromatic carboxylic acids is 1. The second kappa shape index (κ2) is 8.81. The Morgan fingerprint density at radius 3 is 2.53 bits per heavy atom. The molecule has 6 nitrogen and oxygen atoms in total. The van der Waals surface area contributed by atoms with E-state index < -0.39 is 23.6 Å². The van der Waals surface area contributed by atoms with E-state index in [9.17, 15) is 13.6 Å². The molecule has 5 rings (SSSR count). The highest BCUT2D eigenvalue weighted by atomic mass is 35.5. The normalized spacial score (nSPS) is 14.6. The van der Waals surface area contributed by atoms with E-state index in [-0.39, 0.29) is 11.1 Å². The van der Waals surface area contributed by atoms with Crippen LogP contribution in [-0.2, 0) is 6.54 Å². The standard InChI is InChI=1S/C25H17ClF2N4O2/c26-15-6-9-17-18(10-15)23(21-19(27)2-1-3-20(21)28)29-11-14-12-30-25(32-22(14)17)31-16-7-4-13(5-8-16)24(33)34/h1-10,12,23,29H,11H2,(H,33,34)(H,30,31,32)/p+1. The van der Waals surface area contributed by atoms with Crippen LogP contribution in [-0.4, -0.2) is 21.0 Å². The van der Waals surface area contributed by atoms with Crippen LogP contribution < -0.4 is 10.6 Å². The molecule has 0 spiro atoms. The smallest absolute Gasteiger partial charge is 0.335 e. The number of nitrogens with one attached hydrogen (secondary N) is 1. The highest BCUT2D eigenvalue weighted by molar-refractivity contribution is 6.30. The number of hydrogen-bond donors (Lipinski definition) is 3. The van der Waals surface area contributed by atoms with Crippen LogP contribution in [0.4, 0.5) is 20.4 Å². The zero-order chi connectivity index (χ0) is 23.8. The summed E-state index contributed by atoms with van der Waals surface area (Å²) in [7, 11) is 0. The summed E-state index contributed by atoms with van der Waals surface area (Å²) in [6.07, 6.45) is 1.67. The van der Waals surface area contributed by atoms with Crippen molar-refractivity contribution in [2.45, 2.75) is 12.6 Å². The third-order valence-electron chi connectivity index (χ3n) is 5.74. The van der Waals surface area contributed by atoms with Crippen LogP contribution in [0.5, 0.6) is 0 Å². The van der Waals surface area contributed by atoms with Gasteiger partial charge in [-0.1, -0.05) is 23.7 Å². The number of quaternary nitrogens is 1. The molecule has 0 aliphatic carbocycles.